The highest BCUT2D eigenvalue weighted by molar-refractivity contribution is 7.01. The fraction of sp³-hybridized carbons (Fsp3) is 0.562. The first-order valence-corrected chi connectivity index (χ1v) is 18.3. The van der Waals surface area contributed by atoms with E-state index in [1.54, 1.807) is 31.9 Å². The Morgan fingerprint density at radius 2 is 0.529 bits per heavy atom. The van der Waals surface area contributed by atoms with E-state index in [1.807, 2.05) is 0 Å². The molecule has 0 N–H and O–H groups in total. The molecule has 0 nitrogen and oxygen atoms in total. The van der Waals surface area contributed by atoms with Crippen molar-refractivity contribution in [2.24, 2.45) is 0 Å². The van der Waals surface area contributed by atoms with E-state index in [4.69, 9.17) is 0 Å². The van der Waals surface area contributed by atoms with Gasteiger partial charge in [-0.15, -0.1) is 0 Å². The van der Waals surface area contributed by atoms with E-state index in [-0.39, 0.29) is 0 Å². The summed E-state index contributed by atoms with van der Waals surface area (Å²) >= 11 is 0. The van der Waals surface area contributed by atoms with Gasteiger partial charge in [0.25, 0.3) is 0 Å². The normalized spacial score (nSPS) is 13.7. The van der Waals surface area contributed by atoms with Crippen LogP contribution in [-0.2, 0) is 0 Å². The zero-order valence-electron chi connectivity index (χ0n) is 24.1. The number of fused-ring (bicyclic) bond motifs is 2. The van der Waals surface area contributed by atoms with Gasteiger partial charge in [0.2, 0.25) is 0 Å². The molecule has 0 saturated carbocycles. The molecule has 0 atom stereocenters. The lowest BCUT2D eigenvalue weighted by Gasteiger charge is -2.48. The van der Waals surface area contributed by atoms with Crippen molar-refractivity contribution in [3.63, 3.8) is 0 Å². The minimum absolute atomic E-state index is 0.687. The van der Waals surface area contributed by atoms with Crippen LogP contribution in [0.2, 0.25) is 33.2 Å². The van der Waals surface area contributed by atoms with E-state index in [0.29, 0.717) is 33.2 Å². The molecule has 0 unspecified atom stereocenters. The molecule has 2 heteroatoms. The third kappa shape index (κ3) is 3.75. The molecule has 0 bridgehead atoms. The standard InChI is InChI=1S/C32H50Si2/c1-21(2)33(22(3)4,23(5)6)31-27-17-13-15-19-29(27)32(30-20-16-14-18-28(30)31)34(24(7)8,25(9)10)26(11)12/h13-26H,1-12H3. The highest BCUT2D eigenvalue weighted by Crippen LogP contribution is 2.47. The lowest BCUT2D eigenvalue weighted by molar-refractivity contribution is 0.835. The van der Waals surface area contributed by atoms with E-state index in [2.05, 4.69) is 132 Å². The molecule has 0 aliphatic heterocycles. The molecule has 0 heterocycles. The topological polar surface area (TPSA) is 0 Å². The largest absolute Gasteiger partial charge is 0.0958 e. The van der Waals surface area contributed by atoms with Crippen molar-refractivity contribution >= 4 is 48.1 Å². The molecule has 3 rings (SSSR count). The van der Waals surface area contributed by atoms with Gasteiger partial charge in [-0.05, 0) is 65.2 Å². The number of hydrogen-bond acceptors (Lipinski definition) is 0. The summed E-state index contributed by atoms with van der Waals surface area (Å²) in [5.41, 5.74) is 4.12. The van der Waals surface area contributed by atoms with Crippen LogP contribution in [0.4, 0.5) is 0 Å². The lowest BCUT2D eigenvalue weighted by Crippen LogP contribution is -2.59. The van der Waals surface area contributed by atoms with Crippen molar-refractivity contribution in [3.8, 4) is 0 Å². The van der Waals surface area contributed by atoms with Gasteiger partial charge in [0.1, 0.15) is 0 Å². The second kappa shape index (κ2) is 9.93. The van der Waals surface area contributed by atoms with E-state index >= 15 is 0 Å². The molecule has 0 aliphatic rings. The summed E-state index contributed by atoms with van der Waals surface area (Å²) in [5.74, 6) is 0. The lowest BCUT2D eigenvalue weighted by atomic mass is 10.0. The average Bonchev–Trinajstić information content (AvgIpc) is 2.74. The van der Waals surface area contributed by atoms with Crippen molar-refractivity contribution in [2.75, 3.05) is 0 Å². The summed E-state index contributed by atoms with van der Waals surface area (Å²) in [4.78, 5) is 0. The summed E-state index contributed by atoms with van der Waals surface area (Å²) in [6.07, 6.45) is 0. The average molecular weight is 491 g/mol. The van der Waals surface area contributed by atoms with Crippen LogP contribution in [0, 0.1) is 0 Å². The number of benzene rings is 3. The van der Waals surface area contributed by atoms with Crippen LogP contribution in [0.25, 0.3) is 21.5 Å². The second-order valence-corrected chi connectivity index (χ2v) is 24.3. The SMILES string of the molecule is CC(C)[Si](c1c2ccccc2c([Si](C(C)C)(C(C)C)C(C)C)c2ccccc12)(C(C)C)C(C)C. The van der Waals surface area contributed by atoms with Crippen LogP contribution >= 0.6 is 0 Å². The smallest absolute Gasteiger partial charge is 0.0648 e. The minimum Gasteiger partial charge on any atom is -0.0648 e. The summed E-state index contributed by atoms with van der Waals surface area (Å²) in [7, 11) is -3.76. The Kier molecular flexibility index (Phi) is 7.95. The first-order chi connectivity index (χ1) is 15.9. The minimum atomic E-state index is -1.88. The molecule has 0 amide bonds. The van der Waals surface area contributed by atoms with E-state index in [9.17, 15) is 0 Å². The Labute approximate surface area is 212 Å². The van der Waals surface area contributed by atoms with Crippen molar-refractivity contribution in [1.82, 2.24) is 0 Å². The Hall–Kier alpha value is -1.39. The van der Waals surface area contributed by atoms with Gasteiger partial charge in [-0.3, -0.25) is 0 Å². The molecule has 0 fully saturated rings. The molecule has 0 aromatic heterocycles. The Bertz CT molecular complexity index is 944. The van der Waals surface area contributed by atoms with Crippen LogP contribution in [0.5, 0.6) is 0 Å². The first-order valence-electron chi connectivity index (χ1n) is 13.8. The maximum Gasteiger partial charge on any atom is 0.0958 e. The molecule has 0 saturated heterocycles. The van der Waals surface area contributed by atoms with Crippen LogP contribution in [-0.4, -0.2) is 16.1 Å². The van der Waals surface area contributed by atoms with Gasteiger partial charge in [-0.25, -0.2) is 0 Å². The van der Waals surface area contributed by atoms with Crippen LogP contribution in [0.3, 0.4) is 0 Å². The van der Waals surface area contributed by atoms with Gasteiger partial charge in [0, 0.05) is 0 Å². The van der Waals surface area contributed by atoms with Gasteiger partial charge in [-0.1, -0.05) is 132 Å². The molecule has 0 spiro atoms. The monoisotopic (exact) mass is 490 g/mol. The van der Waals surface area contributed by atoms with Crippen molar-refractivity contribution < 1.29 is 0 Å². The zero-order chi connectivity index (χ0) is 25.6. The predicted octanol–water partition coefficient (Wildman–Crippen LogP) is 9.76. The summed E-state index contributed by atoms with van der Waals surface area (Å²) in [6, 6.07) is 19.1. The van der Waals surface area contributed by atoms with E-state index in [0.717, 1.165) is 0 Å². The van der Waals surface area contributed by atoms with Crippen LogP contribution < -0.4 is 10.4 Å². The Morgan fingerprint density at radius 3 is 0.676 bits per heavy atom. The van der Waals surface area contributed by atoms with Gasteiger partial charge >= 0.3 is 0 Å². The summed E-state index contributed by atoms with van der Waals surface area (Å²) < 4.78 is 0. The highest BCUT2D eigenvalue weighted by atomic mass is 28.3. The van der Waals surface area contributed by atoms with E-state index in [1.165, 1.54) is 0 Å². The molecule has 34 heavy (non-hydrogen) atoms. The van der Waals surface area contributed by atoms with Gasteiger partial charge in [-0.2, -0.15) is 0 Å². The van der Waals surface area contributed by atoms with Crippen LogP contribution in [0.15, 0.2) is 48.5 Å². The van der Waals surface area contributed by atoms with Crippen LogP contribution in [0.1, 0.15) is 83.1 Å². The fourth-order valence-electron chi connectivity index (χ4n) is 8.79. The first kappa shape index (κ1) is 27.2. The van der Waals surface area contributed by atoms with Gasteiger partial charge in [0.05, 0.1) is 16.1 Å². The molecule has 3 aromatic carbocycles. The molecule has 3 aromatic rings. The van der Waals surface area contributed by atoms with Crippen molar-refractivity contribution in [3.05, 3.63) is 48.5 Å². The number of rotatable bonds is 8. The molecule has 0 radical (unpaired) electrons. The molecular weight excluding hydrogens is 441 g/mol. The highest BCUT2D eigenvalue weighted by Gasteiger charge is 2.49. The number of hydrogen-bond donors (Lipinski definition) is 0. The third-order valence-electron chi connectivity index (χ3n) is 9.53. The quantitative estimate of drug-likeness (QED) is 0.218. The molecule has 0 aliphatic carbocycles. The predicted molar refractivity (Wildman–Crippen MR) is 163 cm³/mol. The maximum atomic E-state index is 2.51. The Morgan fingerprint density at radius 1 is 0.353 bits per heavy atom. The zero-order valence-corrected chi connectivity index (χ0v) is 26.1. The van der Waals surface area contributed by atoms with Gasteiger partial charge < -0.3 is 0 Å². The fourth-order valence-corrected chi connectivity index (χ4v) is 23.0. The van der Waals surface area contributed by atoms with Crippen molar-refractivity contribution in [2.45, 2.75) is 116 Å². The van der Waals surface area contributed by atoms with E-state index < -0.39 is 16.1 Å². The second-order valence-electron chi connectivity index (χ2n) is 12.6. The Balaban J connectivity index is 2.74. The molecule has 186 valence electrons. The van der Waals surface area contributed by atoms with Gasteiger partial charge in [0.15, 0.2) is 0 Å². The summed E-state index contributed by atoms with van der Waals surface area (Å²) in [5, 5.41) is 9.74. The summed E-state index contributed by atoms with van der Waals surface area (Å²) in [6.45, 7) is 30.2. The van der Waals surface area contributed by atoms with Crippen molar-refractivity contribution in [1.29, 1.82) is 0 Å². The third-order valence-corrected chi connectivity index (χ3v) is 23.8. The molecular formula is C32H50Si2. The maximum absolute atomic E-state index is 2.51.